The molecule has 2 heteroatoms. The Morgan fingerprint density at radius 2 is 1.63 bits per heavy atom. The lowest BCUT2D eigenvalue weighted by Crippen LogP contribution is -2.06. The number of rotatable bonds is 10. The van der Waals surface area contributed by atoms with Gasteiger partial charge >= 0.3 is 0 Å². The number of unbranched alkanes of at least 4 members (excludes halogenated alkanes) is 5. The molecule has 19 heavy (non-hydrogen) atoms. The zero-order valence-electron chi connectivity index (χ0n) is 12.0. The predicted molar refractivity (Wildman–Crippen MR) is 90.0 cm³/mol. The fraction of sp³-hybridized carbons (Fsp3) is 0.647. The van der Waals surface area contributed by atoms with Crippen LogP contribution in [0.4, 0.5) is 0 Å². The summed E-state index contributed by atoms with van der Waals surface area (Å²) in [6.07, 6.45) is 10.6. The Kier molecular flexibility index (Phi) is 9.63. The van der Waals surface area contributed by atoms with Crippen LogP contribution in [0.15, 0.2) is 28.7 Å². The predicted octanol–water partition coefficient (Wildman–Crippen LogP) is 6.60. The molecule has 0 aliphatic rings. The lowest BCUT2D eigenvalue weighted by Gasteiger charge is -2.14. The monoisotopic (exact) mass is 344 g/mol. The second-order valence-electron chi connectivity index (χ2n) is 5.41. The molecular formula is C17H26BrCl. The first-order valence-electron chi connectivity index (χ1n) is 7.56. The average molecular weight is 346 g/mol. The molecule has 0 spiro atoms. The Labute approximate surface area is 132 Å². The molecule has 0 bridgehead atoms. The third kappa shape index (κ3) is 7.99. The molecule has 0 aromatic heterocycles. The van der Waals surface area contributed by atoms with E-state index in [4.69, 9.17) is 11.6 Å². The number of hydrogen-bond donors (Lipinski definition) is 0. The summed E-state index contributed by atoms with van der Waals surface area (Å²) in [6.45, 7) is 2.27. The van der Waals surface area contributed by atoms with Gasteiger partial charge in [-0.3, -0.25) is 0 Å². The minimum atomic E-state index is 0.633. The highest BCUT2D eigenvalue weighted by Crippen LogP contribution is 2.19. The fourth-order valence-electron chi connectivity index (χ4n) is 2.40. The van der Waals surface area contributed by atoms with Crippen molar-refractivity contribution in [2.45, 2.75) is 58.3 Å². The van der Waals surface area contributed by atoms with Crippen molar-refractivity contribution in [3.05, 3.63) is 34.3 Å². The molecule has 0 radical (unpaired) electrons. The van der Waals surface area contributed by atoms with Crippen LogP contribution in [0.25, 0.3) is 0 Å². The summed E-state index contributed by atoms with van der Waals surface area (Å²) in [5, 5.41) is 0. The maximum absolute atomic E-state index is 6.10. The third-order valence-corrected chi connectivity index (χ3v) is 4.59. The Hall–Kier alpha value is -0.0100. The van der Waals surface area contributed by atoms with Crippen LogP contribution in [-0.2, 0) is 6.42 Å². The molecule has 1 aromatic carbocycles. The van der Waals surface area contributed by atoms with Crippen LogP contribution in [0.3, 0.4) is 0 Å². The van der Waals surface area contributed by atoms with E-state index in [1.807, 2.05) is 0 Å². The number of halogens is 2. The normalized spacial score (nSPS) is 12.6. The average Bonchev–Trinajstić information content (AvgIpc) is 2.43. The number of benzene rings is 1. The van der Waals surface area contributed by atoms with Gasteiger partial charge in [0.25, 0.3) is 0 Å². The van der Waals surface area contributed by atoms with Crippen LogP contribution in [0.5, 0.6) is 0 Å². The molecule has 108 valence electrons. The molecule has 0 aliphatic carbocycles. The minimum Gasteiger partial charge on any atom is -0.126 e. The van der Waals surface area contributed by atoms with Gasteiger partial charge in [-0.25, -0.2) is 0 Å². The molecule has 0 N–H and O–H groups in total. The van der Waals surface area contributed by atoms with Crippen molar-refractivity contribution < 1.29 is 0 Å². The standard InChI is InChI=1S/C17H26BrCl/c1-2-3-4-5-6-7-8-16(14-19)13-15-9-11-17(18)12-10-15/h9-12,16H,2-8,13-14H2,1H3. The van der Waals surface area contributed by atoms with E-state index in [2.05, 4.69) is 47.1 Å². The van der Waals surface area contributed by atoms with Gasteiger partial charge in [0.2, 0.25) is 0 Å². The third-order valence-electron chi connectivity index (χ3n) is 3.62. The summed E-state index contributed by atoms with van der Waals surface area (Å²) < 4.78 is 1.15. The highest BCUT2D eigenvalue weighted by Gasteiger charge is 2.08. The lowest BCUT2D eigenvalue weighted by atomic mass is 9.95. The first-order chi connectivity index (χ1) is 9.26. The van der Waals surface area contributed by atoms with E-state index in [1.54, 1.807) is 0 Å². The topological polar surface area (TPSA) is 0 Å². The largest absolute Gasteiger partial charge is 0.126 e. The molecule has 0 saturated carbocycles. The van der Waals surface area contributed by atoms with E-state index >= 15 is 0 Å². The van der Waals surface area contributed by atoms with E-state index in [9.17, 15) is 0 Å². The first-order valence-corrected chi connectivity index (χ1v) is 8.89. The quantitative estimate of drug-likeness (QED) is 0.331. The van der Waals surface area contributed by atoms with Gasteiger partial charge in [-0.1, -0.05) is 73.5 Å². The fourth-order valence-corrected chi connectivity index (χ4v) is 2.93. The van der Waals surface area contributed by atoms with Gasteiger partial charge in [-0.15, -0.1) is 11.6 Å². The summed E-state index contributed by atoms with van der Waals surface area (Å²) in [5.74, 6) is 1.42. The maximum atomic E-state index is 6.10. The van der Waals surface area contributed by atoms with Gasteiger partial charge in [0.15, 0.2) is 0 Å². The number of hydrogen-bond acceptors (Lipinski definition) is 0. The molecule has 0 amide bonds. The van der Waals surface area contributed by atoms with Crippen molar-refractivity contribution in [1.29, 1.82) is 0 Å². The van der Waals surface area contributed by atoms with Crippen molar-refractivity contribution in [1.82, 2.24) is 0 Å². The summed E-state index contributed by atoms with van der Waals surface area (Å²) in [5.41, 5.74) is 1.40. The molecule has 0 saturated heterocycles. The smallest absolute Gasteiger partial charge is 0.0254 e. The summed E-state index contributed by atoms with van der Waals surface area (Å²) >= 11 is 9.58. The zero-order chi connectivity index (χ0) is 13.9. The van der Waals surface area contributed by atoms with Crippen LogP contribution < -0.4 is 0 Å². The second kappa shape index (κ2) is 10.7. The van der Waals surface area contributed by atoms with Crippen molar-refractivity contribution in [2.24, 2.45) is 5.92 Å². The molecular weight excluding hydrogens is 320 g/mol. The van der Waals surface area contributed by atoms with Crippen molar-refractivity contribution in [3.8, 4) is 0 Å². The number of alkyl halides is 1. The van der Waals surface area contributed by atoms with Gasteiger partial charge in [0.1, 0.15) is 0 Å². The Morgan fingerprint density at radius 3 is 2.26 bits per heavy atom. The molecule has 1 atom stereocenters. The van der Waals surface area contributed by atoms with Crippen molar-refractivity contribution in [3.63, 3.8) is 0 Å². The molecule has 0 heterocycles. The van der Waals surface area contributed by atoms with E-state index in [0.29, 0.717) is 5.92 Å². The summed E-state index contributed by atoms with van der Waals surface area (Å²) in [4.78, 5) is 0. The molecule has 1 unspecified atom stereocenters. The van der Waals surface area contributed by atoms with Gasteiger partial charge in [0.05, 0.1) is 0 Å². The molecule has 0 nitrogen and oxygen atoms in total. The molecule has 1 aromatic rings. The van der Waals surface area contributed by atoms with E-state index in [1.165, 1.54) is 50.5 Å². The van der Waals surface area contributed by atoms with Crippen LogP contribution in [0.2, 0.25) is 0 Å². The Balaban J connectivity index is 2.20. The molecule has 0 fully saturated rings. The first kappa shape index (κ1) is 17.0. The zero-order valence-corrected chi connectivity index (χ0v) is 14.3. The lowest BCUT2D eigenvalue weighted by molar-refractivity contribution is 0.485. The van der Waals surface area contributed by atoms with E-state index in [-0.39, 0.29) is 0 Å². The summed E-state index contributed by atoms with van der Waals surface area (Å²) in [7, 11) is 0. The van der Waals surface area contributed by atoms with E-state index in [0.717, 1.165) is 16.8 Å². The highest BCUT2D eigenvalue weighted by molar-refractivity contribution is 9.10. The van der Waals surface area contributed by atoms with E-state index < -0.39 is 0 Å². The van der Waals surface area contributed by atoms with Gasteiger partial charge in [-0.05, 0) is 36.5 Å². The maximum Gasteiger partial charge on any atom is 0.0254 e. The molecule has 0 aliphatic heterocycles. The second-order valence-corrected chi connectivity index (χ2v) is 6.63. The van der Waals surface area contributed by atoms with Gasteiger partial charge in [0, 0.05) is 10.4 Å². The molecule has 1 rings (SSSR count). The Morgan fingerprint density at radius 1 is 1.00 bits per heavy atom. The van der Waals surface area contributed by atoms with Crippen LogP contribution >= 0.6 is 27.5 Å². The highest BCUT2D eigenvalue weighted by atomic mass is 79.9. The van der Waals surface area contributed by atoms with Crippen LogP contribution in [0.1, 0.15) is 57.4 Å². The summed E-state index contributed by atoms with van der Waals surface area (Å²) in [6, 6.07) is 8.63. The van der Waals surface area contributed by atoms with Gasteiger partial charge < -0.3 is 0 Å². The SMILES string of the molecule is CCCCCCCCC(CCl)Cc1ccc(Br)cc1. The Bertz CT molecular complexity index is 321. The van der Waals surface area contributed by atoms with Crippen molar-refractivity contribution >= 4 is 27.5 Å². The van der Waals surface area contributed by atoms with Crippen LogP contribution in [-0.4, -0.2) is 5.88 Å². The van der Waals surface area contributed by atoms with Crippen LogP contribution in [0, 0.1) is 5.92 Å². The minimum absolute atomic E-state index is 0.633. The van der Waals surface area contributed by atoms with Crippen molar-refractivity contribution in [2.75, 3.05) is 5.88 Å². The van der Waals surface area contributed by atoms with Gasteiger partial charge in [-0.2, -0.15) is 0 Å².